The van der Waals surface area contributed by atoms with Crippen molar-refractivity contribution in [1.82, 2.24) is 24.2 Å². The Bertz CT molecular complexity index is 1410. The van der Waals surface area contributed by atoms with Crippen LogP contribution in [-0.2, 0) is 16.6 Å². The summed E-state index contributed by atoms with van der Waals surface area (Å²) in [6.45, 7) is 5.83. The van der Waals surface area contributed by atoms with Crippen molar-refractivity contribution in [3.05, 3.63) is 60.6 Å². The van der Waals surface area contributed by atoms with Gasteiger partial charge in [0.05, 0.1) is 24.7 Å². The number of hydrogen-bond acceptors (Lipinski definition) is 7. The summed E-state index contributed by atoms with van der Waals surface area (Å²) >= 11 is 0. The van der Waals surface area contributed by atoms with Gasteiger partial charge in [0.15, 0.2) is 0 Å². The van der Waals surface area contributed by atoms with Gasteiger partial charge in [-0.1, -0.05) is 12.1 Å². The number of rotatable bonds is 6. The topological polar surface area (TPSA) is 125 Å². The zero-order valence-corrected chi connectivity index (χ0v) is 19.7. The van der Waals surface area contributed by atoms with E-state index in [1.807, 2.05) is 34.9 Å². The van der Waals surface area contributed by atoms with Crippen LogP contribution in [0.1, 0.15) is 26.3 Å². The maximum atomic E-state index is 13.0. The van der Waals surface area contributed by atoms with E-state index in [1.54, 1.807) is 45.4 Å². The van der Waals surface area contributed by atoms with Crippen LogP contribution in [0.3, 0.4) is 0 Å². The fourth-order valence-electron chi connectivity index (χ4n) is 3.56. The number of methoxy groups -OCH3 is 1. The number of imidazole rings is 1. The van der Waals surface area contributed by atoms with Gasteiger partial charge in [-0.05, 0) is 56.2 Å². The predicted molar refractivity (Wildman–Crippen MR) is 127 cm³/mol. The minimum Gasteiger partial charge on any atom is -0.480 e. The summed E-state index contributed by atoms with van der Waals surface area (Å²) in [5, 5.41) is 0. The molecule has 4 aromatic rings. The Kier molecular flexibility index (Phi) is 5.81. The van der Waals surface area contributed by atoms with Gasteiger partial charge >= 0.3 is 0 Å². The molecule has 0 aliphatic heterocycles. The van der Waals surface area contributed by atoms with Crippen LogP contribution in [0.15, 0.2) is 59.9 Å². The fraction of sp³-hybridized carbons (Fsp3) is 0.261. The van der Waals surface area contributed by atoms with Crippen LogP contribution in [-0.4, -0.2) is 40.6 Å². The van der Waals surface area contributed by atoms with E-state index in [0.29, 0.717) is 18.1 Å². The predicted octanol–water partition coefficient (Wildman–Crippen LogP) is 3.21. The van der Waals surface area contributed by atoms with Gasteiger partial charge in [0.25, 0.3) is 0 Å². The second-order valence-electron chi connectivity index (χ2n) is 8.71. The van der Waals surface area contributed by atoms with Crippen LogP contribution >= 0.6 is 0 Å². The Morgan fingerprint density at radius 2 is 1.91 bits per heavy atom. The van der Waals surface area contributed by atoms with Crippen molar-refractivity contribution in [3.8, 4) is 17.0 Å². The first kappa shape index (κ1) is 22.7. The molecule has 0 unspecified atom stereocenters. The maximum absolute atomic E-state index is 13.0. The lowest BCUT2D eigenvalue weighted by molar-refractivity contribution is 0.384. The molecule has 0 saturated heterocycles. The number of ether oxygens (including phenoxy) is 1. The summed E-state index contributed by atoms with van der Waals surface area (Å²) in [6, 6.07) is 11.0. The lowest BCUT2D eigenvalue weighted by atomic mass is 10.1. The third-order valence-electron chi connectivity index (χ3n) is 4.92. The van der Waals surface area contributed by atoms with Gasteiger partial charge in [0, 0.05) is 29.7 Å². The molecule has 0 aliphatic carbocycles. The van der Waals surface area contributed by atoms with E-state index in [2.05, 4.69) is 19.7 Å². The molecule has 0 atom stereocenters. The van der Waals surface area contributed by atoms with Crippen LogP contribution in [0.25, 0.3) is 22.2 Å². The van der Waals surface area contributed by atoms with Crippen molar-refractivity contribution in [2.24, 2.45) is 0 Å². The van der Waals surface area contributed by atoms with E-state index < -0.39 is 15.6 Å². The summed E-state index contributed by atoms with van der Waals surface area (Å²) in [5.74, 6) is 0.416. The molecule has 0 saturated carbocycles. The van der Waals surface area contributed by atoms with E-state index in [0.717, 1.165) is 22.2 Å². The average Bonchev–Trinajstić information content (AvgIpc) is 3.07. The molecule has 0 aliphatic rings. The number of anilines is 1. The second-order valence-corrected chi connectivity index (χ2v) is 10.4. The molecule has 0 bridgehead atoms. The first-order valence-electron chi connectivity index (χ1n) is 10.3. The first-order valence-corrected chi connectivity index (χ1v) is 11.8. The molecule has 9 nitrogen and oxygen atoms in total. The lowest BCUT2D eigenvalue weighted by Crippen LogP contribution is -2.40. The Labute approximate surface area is 192 Å². The van der Waals surface area contributed by atoms with Gasteiger partial charge in [-0.2, -0.15) is 0 Å². The van der Waals surface area contributed by atoms with Crippen LogP contribution < -0.4 is 15.2 Å². The van der Waals surface area contributed by atoms with Crippen molar-refractivity contribution in [2.75, 3.05) is 12.8 Å². The highest BCUT2D eigenvalue weighted by atomic mass is 32.2. The number of nitrogens with two attached hydrogens (primary N) is 1. The number of pyridine rings is 2. The molecule has 3 heterocycles. The van der Waals surface area contributed by atoms with E-state index in [-0.39, 0.29) is 10.8 Å². The summed E-state index contributed by atoms with van der Waals surface area (Å²) in [6.07, 6.45) is 5.08. The van der Waals surface area contributed by atoms with Crippen LogP contribution in [0.5, 0.6) is 5.88 Å². The highest BCUT2D eigenvalue weighted by Crippen LogP contribution is 2.31. The monoisotopic (exact) mass is 466 g/mol. The molecular formula is C23H26N6O3S. The molecule has 3 aromatic heterocycles. The molecule has 0 spiro atoms. The van der Waals surface area contributed by atoms with Crippen LogP contribution in [0.2, 0.25) is 0 Å². The molecule has 33 heavy (non-hydrogen) atoms. The first-order chi connectivity index (χ1) is 15.6. The molecule has 1 aromatic carbocycles. The number of aromatic nitrogens is 4. The number of nitrogens with zero attached hydrogens (tertiary/aromatic N) is 4. The third kappa shape index (κ3) is 4.81. The van der Waals surface area contributed by atoms with Crippen molar-refractivity contribution in [2.45, 2.75) is 37.8 Å². The number of nitrogen functional groups attached to an aromatic ring is 1. The standard InChI is InChI=1S/C23H26N6O3S/c1-23(2,3)28-33(30,31)20-11-17(13-26-21(20)32-4)16-7-8-18-19(10-16)29(22(24)27-18)14-15-6-5-9-25-12-15/h5-13,28H,14H2,1-4H3,(H2,24,27). The van der Waals surface area contributed by atoms with Crippen molar-refractivity contribution < 1.29 is 13.2 Å². The SMILES string of the molecule is COc1ncc(-c2ccc3nc(N)n(Cc4cccnc4)c3c2)cc1S(=O)(=O)NC(C)(C)C. The summed E-state index contributed by atoms with van der Waals surface area (Å²) in [7, 11) is -2.47. The van der Waals surface area contributed by atoms with Crippen molar-refractivity contribution in [1.29, 1.82) is 0 Å². The van der Waals surface area contributed by atoms with Crippen LogP contribution in [0, 0.1) is 0 Å². The summed E-state index contributed by atoms with van der Waals surface area (Å²) in [4.78, 5) is 12.8. The lowest BCUT2D eigenvalue weighted by Gasteiger charge is -2.21. The van der Waals surface area contributed by atoms with E-state index >= 15 is 0 Å². The third-order valence-corrected chi connectivity index (χ3v) is 6.67. The van der Waals surface area contributed by atoms with Gasteiger partial charge in [-0.25, -0.2) is 23.1 Å². The Morgan fingerprint density at radius 3 is 2.58 bits per heavy atom. The number of sulfonamides is 1. The van der Waals surface area contributed by atoms with Gasteiger partial charge in [-0.3, -0.25) is 4.98 Å². The molecule has 0 amide bonds. The van der Waals surface area contributed by atoms with Gasteiger partial charge in [0.1, 0.15) is 4.90 Å². The summed E-state index contributed by atoms with van der Waals surface area (Å²) < 4.78 is 35.8. The molecular weight excluding hydrogens is 440 g/mol. The average molecular weight is 467 g/mol. The normalized spacial score (nSPS) is 12.2. The minimum atomic E-state index is -3.86. The molecule has 0 radical (unpaired) electrons. The van der Waals surface area contributed by atoms with E-state index in [1.165, 1.54) is 7.11 Å². The zero-order chi connectivity index (χ0) is 23.8. The smallest absolute Gasteiger partial charge is 0.246 e. The number of benzene rings is 1. The van der Waals surface area contributed by atoms with Crippen molar-refractivity contribution >= 4 is 27.0 Å². The number of hydrogen-bond donors (Lipinski definition) is 2. The van der Waals surface area contributed by atoms with Gasteiger partial charge in [0.2, 0.25) is 21.9 Å². The minimum absolute atomic E-state index is 0.0269. The van der Waals surface area contributed by atoms with E-state index in [4.69, 9.17) is 10.5 Å². The van der Waals surface area contributed by atoms with Gasteiger partial charge < -0.3 is 15.0 Å². The molecule has 0 fully saturated rings. The Hall–Kier alpha value is -3.50. The summed E-state index contributed by atoms with van der Waals surface area (Å²) in [5.41, 5.74) is 9.47. The molecule has 172 valence electrons. The second kappa shape index (κ2) is 8.45. The Balaban J connectivity index is 1.80. The largest absolute Gasteiger partial charge is 0.480 e. The van der Waals surface area contributed by atoms with E-state index in [9.17, 15) is 8.42 Å². The Morgan fingerprint density at radius 1 is 1.12 bits per heavy atom. The quantitative estimate of drug-likeness (QED) is 0.447. The molecule has 10 heteroatoms. The maximum Gasteiger partial charge on any atom is 0.246 e. The fourth-order valence-corrected chi connectivity index (χ4v) is 5.12. The highest BCUT2D eigenvalue weighted by molar-refractivity contribution is 7.89. The number of nitrogens with one attached hydrogen (secondary N) is 1. The molecule has 4 rings (SSSR count). The molecule has 3 N–H and O–H groups in total. The van der Waals surface area contributed by atoms with Crippen LogP contribution in [0.4, 0.5) is 5.95 Å². The highest BCUT2D eigenvalue weighted by Gasteiger charge is 2.27. The van der Waals surface area contributed by atoms with Crippen molar-refractivity contribution in [3.63, 3.8) is 0 Å². The number of fused-ring (bicyclic) bond motifs is 1. The van der Waals surface area contributed by atoms with Gasteiger partial charge in [-0.15, -0.1) is 0 Å². The zero-order valence-electron chi connectivity index (χ0n) is 18.9.